The molecule has 1 aromatic carbocycles. The van der Waals surface area contributed by atoms with Crippen LogP contribution in [-0.4, -0.2) is 36.1 Å². The van der Waals surface area contributed by atoms with Crippen molar-refractivity contribution in [3.05, 3.63) is 35.6 Å². The van der Waals surface area contributed by atoms with Crippen LogP contribution in [0.1, 0.15) is 39.7 Å². The summed E-state index contributed by atoms with van der Waals surface area (Å²) < 4.78 is 13.8. The lowest BCUT2D eigenvalue weighted by Crippen LogP contribution is -2.64. The molecule has 0 bridgehead atoms. The lowest BCUT2D eigenvalue weighted by atomic mass is 9.89. The van der Waals surface area contributed by atoms with Crippen LogP contribution in [0.3, 0.4) is 0 Å². The number of piperazine rings is 1. The van der Waals surface area contributed by atoms with Crippen LogP contribution < -0.4 is 5.32 Å². The molecule has 1 aliphatic heterocycles. The third-order valence-electron chi connectivity index (χ3n) is 4.94. The van der Waals surface area contributed by atoms with Crippen molar-refractivity contribution in [3.8, 4) is 0 Å². The van der Waals surface area contributed by atoms with Gasteiger partial charge in [0.15, 0.2) is 0 Å². The molecule has 1 aliphatic rings. The van der Waals surface area contributed by atoms with E-state index in [4.69, 9.17) is 0 Å². The van der Waals surface area contributed by atoms with Crippen molar-refractivity contribution >= 4 is 0 Å². The number of halogens is 1. The van der Waals surface area contributed by atoms with Gasteiger partial charge in [-0.15, -0.1) is 0 Å². The molecule has 2 atom stereocenters. The lowest BCUT2D eigenvalue weighted by molar-refractivity contribution is 0.0612. The van der Waals surface area contributed by atoms with Crippen molar-refractivity contribution in [1.82, 2.24) is 10.2 Å². The summed E-state index contributed by atoms with van der Waals surface area (Å²) in [6, 6.07) is 7.68. The van der Waals surface area contributed by atoms with Crippen molar-refractivity contribution in [1.29, 1.82) is 0 Å². The minimum absolute atomic E-state index is 0.0769. The number of hydrogen-bond donors (Lipinski definition) is 1. The largest absolute Gasteiger partial charge is 0.309 e. The fourth-order valence-electron chi connectivity index (χ4n) is 3.21. The molecular weight excluding hydrogens is 263 g/mol. The van der Waals surface area contributed by atoms with Gasteiger partial charge >= 0.3 is 0 Å². The van der Waals surface area contributed by atoms with E-state index in [2.05, 4.69) is 37.9 Å². The molecule has 0 amide bonds. The van der Waals surface area contributed by atoms with Gasteiger partial charge < -0.3 is 5.32 Å². The zero-order chi connectivity index (χ0) is 15.5. The third kappa shape index (κ3) is 4.04. The molecule has 0 radical (unpaired) electrons. The Morgan fingerprint density at radius 3 is 2.71 bits per heavy atom. The molecule has 1 N–H and O–H groups in total. The van der Waals surface area contributed by atoms with Crippen LogP contribution >= 0.6 is 0 Å². The number of benzene rings is 1. The molecule has 3 heteroatoms. The van der Waals surface area contributed by atoms with E-state index in [1.54, 1.807) is 12.1 Å². The first kappa shape index (κ1) is 16.4. The highest BCUT2D eigenvalue weighted by atomic mass is 19.1. The van der Waals surface area contributed by atoms with E-state index in [9.17, 15) is 4.39 Å². The second-order valence-electron chi connectivity index (χ2n) is 6.92. The fraction of sp³-hybridized carbons (Fsp3) is 0.667. The molecule has 2 unspecified atom stereocenters. The molecule has 2 nitrogen and oxygen atoms in total. The summed E-state index contributed by atoms with van der Waals surface area (Å²) in [5, 5.41) is 3.70. The molecule has 1 heterocycles. The quantitative estimate of drug-likeness (QED) is 0.894. The van der Waals surface area contributed by atoms with E-state index in [0.29, 0.717) is 12.0 Å². The Morgan fingerprint density at radius 2 is 2.10 bits per heavy atom. The number of hydrogen-bond acceptors (Lipinski definition) is 2. The molecule has 1 fully saturated rings. The molecule has 1 aromatic rings. The topological polar surface area (TPSA) is 15.3 Å². The van der Waals surface area contributed by atoms with Crippen molar-refractivity contribution in [3.63, 3.8) is 0 Å². The highest BCUT2D eigenvalue weighted by Gasteiger charge is 2.35. The second kappa shape index (κ2) is 6.89. The molecule has 2 rings (SSSR count). The van der Waals surface area contributed by atoms with Crippen molar-refractivity contribution in [2.75, 3.05) is 19.6 Å². The maximum Gasteiger partial charge on any atom is 0.126 e. The van der Waals surface area contributed by atoms with Crippen LogP contribution in [-0.2, 0) is 6.42 Å². The Kier molecular flexibility index (Phi) is 5.39. The predicted octanol–water partition coefficient (Wildman–Crippen LogP) is 3.47. The highest BCUT2D eigenvalue weighted by Crippen LogP contribution is 2.23. The fourth-order valence-corrected chi connectivity index (χ4v) is 3.21. The van der Waals surface area contributed by atoms with E-state index in [1.807, 2.05) is 12.1 Å². The second-order valence-corrected chi connectivity index (χ2v) is 6.92. The molecule has 0 spiro atoms. The van der Waals surface area contributed by atoms with Crippen LogP contribution in [0.5, 0.6) is 0 Å². The van der Waals surface area contributed by atoms with Gasteiger partial charge in [0, 0.05) is 31.2 Å². The Balaban J connectivity index is 2.05. The molecule has 0 aliphatic carbocycles. The summed E-state index contributed by atoms with van der Waals surface area (Å²) in [4.78, 5) is 2.55. The summed E-state index contributed by atoms with van der Waals surface area (Å²) in [5.41, 5.74) is 1.01. The Morgan fingerprint density at radius 1 is 1.38 bits per heavy atom. The molecule has 118 valence electrons. The van der Waals surface area contributed by atoms with Gasteiger partial charge in [0.05, 0.1) is 0 Å². The van der Waals surface area contributed by atoms with Crippen LogP contribution in [0, 0.1) is 11.7 Å². The summed E-state index contributed by atoms with van der Waals surface area (Å²) >= 11 is 0. The van der Waals surface area contributed by atoms with E-state index >= 15 is 0 Å². The van der Waals surface area contributed by atoms with Crippen LogP contribution in [0.4, 0.5) is 4.39 Å². The Hall–Kier alpha value is -0.930. The Labute approximate surface area is 128 Å². The standard InChI is InChI=1S/C18H29FN2/c1-5-18(4)13-21(17(12-20-18)14(2)3)11-10-15-8-6-7-9-16(15)19/h6-9,14,17,20H,5,10-13H2,1-4H3. The van der Waals surface area contributed by atoms with Crippen molar-refractivity contribution < 1.29 is 4.39 Å². The summed E-state index contributed by atoms with van der Waals surface area (Å²) in [6.07, 6.45) is 1.91. The smallest absolute Gasteiger partial charge is 0.126 e. The molecule has 0 aromatic heterocycles. The van der Waals surface area contributed by atoms with Gasteiger partial charge in [-0.25, -0.2) is 4.39 Å². The first-order valence-electron chi connectivity index (χ1n) is 8.17. The third-order valence-corrected chi connectivity index (χ3v) is 4.94. The monoisotopic (exact) mass is 292 g/mol. The van der Waals surface area contributed by atoms with E-state index < -0.39 is 0 Å². The number of nitrogens with zero attached hydrogens (tertiary/aromatic N) is 1. The molecular formula is C18H29FN2. The number of nitrogens with one attached hydrogen (secondary N) is 1. The average molecular weight is 292 g/mol. The van der Waals surface area contributed by atoms with E-state index in [-0.39, 0.29) is 11.4 Å². The van der Waals surface area contributed by atoms with Gasteiger partial charge in [0.1, 0.15) is 5.82 Å². The van der Waals surface area contributed by atoms with Gasteiger partial charge in [-0.1, -0.05) is 39.0 Å². The summed E-state index contributed by atoms with van der Waals surface area (Å²) in [6.45, 7) is 12.1. The van der Waals surface area contributed by atoms with E-state index in [0.717, 1.165) is 38.0 Å². The van der Waals surface area contributed by atoms with Crippen LogP contribution in [0.25, 0.3) is 0 Å². The maximum absolute atomic E-state index is 13.8. The lowest BCUT2D eigenvalue weighted by Gasteiger charge is -2.47. The van der Waals surface area contributed by atoms with Gasteiger partial charge in [0.25, 0.3) is 0 Å². The normalized spacial score (nSPS) is 27.2. The predicted molar refractivity (Wildman–Crippen MR) is 87.0 cm³/mol. The van der Waals surface area contributed by atoms with Gasteiger partial charge in [-0.3, -0.25) is 4.90 Å². The molecule has 0 saturated carbocycles. The average Bonchev–Trinajstić information content (AvgIpc) is 2.46. The van der Waals surface area contributed by atoms with Crippen molar-refractivity contribution in [2.24, 2.45) is 5.92 Å². The first-order valence-corrected chi connectivity index (χ1v) is 8.17. The van der Waals surface area contributed by atoms with Gasteiger partial charge in [0.2, 0.25) is 0 Å². The van der Waals surface area contributed by atoms with Crippen LogP contribution in [0.2, 0.25) is 0 Å². The maximum atomic E-state index is 13.8. The minimum atomic E-state index is -0.0769. The summed E-state index contributed by atoms with van der Waals surface area (Å²) in [7, 11) is 0. The van der Waals surface area contributed by atoms with Crippen molar-refractivity contribution in [2.45, 2.75) is 52.1 Å². The Bertz CT molecular complexity index is 460. The molecule has 21 heavy (non-hydrogen) atoms. The highest BCUT2D eigenvalue weighted by molar-refractivity contribution is 5.17. The van der Waals surface area contributed by atoms with Crippen LogP contribution in [0.15, 0.2) is 24.3 Å². The molecule has 1 saturated heterocycles. The number of rotatable bonds is 5. The van der Waals surface area contributed by atoms with Gasteiger partial charge in [-0.2, -0.15) is 0 Å². The summed E-state index contributed by atoms with van der Waals surface area (Å²) in [5.74, 6) is 0.534. The minimum Gasteiger partial charge on any atom is -0.309 e. The zero-order valence-corrected chi connectivity index (χ0v) is 13.8. The van der Waals surface area contributed by atoms with Gasteiger partial charge in [-0.05, 0) is 37.3 Å². The SMILES string of the molecule is CCC1(C)CN(CCc2ccccc2F)C(C(C)C)CN1. The zero-order valence-electron chi connectivity index (χ0n) is 13.8. The first-order chi connectivity index (χ1) is 9.95. The van der Waals surface area contributed by atoms with E-state index in [1.165, 1.54) is 0 Å².